The van der Waals surface area contributed by atoms with Gasteiger partial charge in [0.2, 0.25) is 5.88 Å². The highest BCUT2D eigenvalue weighted by atomic mass is 35.5. The van der Waals surface area contributed by atoms with Gasteiger partial charge in [-0.15, -0.1) is 0 Å². The van der Waals surface area contributed by atoms with Crippen molar-refractivity contribution in [2.45, 2.75) is 38.8 Å². The van der Waals surface area contributed by atoms with Gasteiger partial charge in [-0.05, 0) is 38.1 Å². The van der Waals surface area contributed by atoms with Gasteiger partial charge >= 0.3 is 6.61 Å². The van der Waals surface area contributed by atoms with E-state index in [0.717, 1.165) is 11.3 Å². The highest BCUT2D eigenvalue weighted by molar-refractivity contribution is 6.33. The number of halogens is 4. The lowest BCUT2D eigenvalue weighted by Gasteiger charge is -2.18. The highest BCUT2D eigenvalue weighted by Gasteiger charge is 2.39. The minimum Gasteiger partial charge on any atom is -0.486 e. The summed E-state index contributed by atoms with van der Waals surface area (Å²) in [7, 11) is 0. The molecule has 3 heterocycles. The summed E-state index contributed by atoms with van der Waals surface area (Å²) in [5.74, 6) is -0.835. The van der Waals surface area contributed by atoms with Crippen LogP contribution in [-0.4, -0.2) is 29.4 Å². The van der Waals surface area contributed by atoms with Gasteiger partial charge in [0.05, 0.1) is 39.5 Å². The van der Waals surface area contributed by atoms with Crippen LogP contribution in [0.3, 0.4) is 0 Å². The third-order valence-corrected chi connectivity index (χ3v) is 5.96. The molecule has 0 radical (unpaired) electrons. The van der Waals surface area contributed by atoms with Crippen molar-refractivity contribution >= 4 is 40.3 Å². The molecule has 0 fully saturated rings. The number of carbonyl (C=O) groups is 1. The quantitative estimate of drug-likeness (QED) is 0.333. The third-order valence-electron chi connectivity index (χ3n) is 5.65. The second-order valence-electron chi connectivity index (χ2n) is 8.87. The highest BCUT2D eigenvalue weighted by Crippen LogP contribution is 2.48. The molecule has 1 amide bonds. The van der Waals surface area contributed by atoms with E-state index in [1.54, 1.807) is 12.1 Å². The van der Waals surface area contributed by atoms with Crippen molar-refractivity contribution in [1.29, 1.82) is 0 Å². The van der Waals surface area contributed by atoms with Gasteiger partial charge in [0.15, 0.2) is 6.29 Å². The second-order valence-corrected chi connectivity index (χ2v) is 9.28. The van der Waals surface area contributed by atoms with Crippen molar-refractivity contribution in [3.8, 4) is 11.6 Å². The molecule has 0 spiro atoms. The fraction of sp³-hybridized carbons (Fsp3) is 0.250. The van der Waals surface area contributed by atoms with Crippen LogP contribution in [0.2, 0.25) is 5.02 Å². The number of carbonyl (C=O) groups excluding carboxylic acids is 1. The van der Waals surface area contributed by atoms with Crippen molar-refractivity contribution in [2.75, 3.05) is 21.3 Å². The van der Waals surface area contributed by atoms with E-state index >= 15 is 0 Å². The van der Waals surface area contributed by atoms with Crippen LogP contribution in [0.5, 0.6) is 11.6 Å². The predicted octanol–water partition coefficient (Wildman–Crippen LogP) is 5.67. The van der Waals surface area contributed by atoms with Gasteiger partial charge in [-0.2, -0.15) is 8.78 Å². The smallest absolute Gasteiger partial charge is 0.388 e. The van der Waals surface area contributed by atoms with Crippen molar-refractivity contribution in [3.63, 3.8) is 0 Å². The molecule has 1 unspecified atom stereocenters. The lowest BCUT2D eigenvalue weighted by atomic mass is 9.97. The predicted molar refractivity (Wildman–Crippen MR) is 130 cm³/mol. The summed E-state index contributed by atoms with van der Waals surface area (Å²) in [5.41, 5.74) is 2.25. The number of alkyl halides is 2. The molecule has 3 aromatic rings. The van der Waals surface area contributed by atoms with Gasteiger partial charge in [-0.3, -0.25) is 4.79 Å². The minimum absolute atomic E-state index is 0.134. The van der Waals surface area contributed by atoms with Crippen LogP contribution >= 0.6 is 11.6 Å². The van der Waals surface area contributed by atoms with Crippen LogP contribution in [0, 0.1) is 5.82 Å². The molecule has 0 saturated heterocycles. The Morgan fingerprint density at radius 2 is 2.08 bits per heavy atom. The third kappa shape index (κ3) is 4.66. The molecule has 1 aromatic heterocycles. The number of amides is 1. The Bertz CT molecular complexity index is 1320. The molecule has 36 heavy (non-hydrogen) atoms. The Balaban J connectivity index is 1.41. The van der Waals surface area contributed by atoms with E-state index in [-0.39, 0.29) is 27.8 Å². The van der Waals surface area contributed by atoms with Gasteiger partial charge in [0.1, 0.15) is 17.2 Å². The maximum absolute atomic E-state index is 14.3. The number of ether oxygens (including phenoxy) is 2. The van der Waals surface area contributed by atoms with Gasteiger partial charge in [-0.25, -0.2) is 9.37 Å². The maximum atomic E-state index is 14.3. The lowest BCUT2D eigenvalue weighted by molar-refractivity contribution is -0.0528. The fourth-order valence-corrected chi connectivity index (χ4v) is 4.41. The van der Waals surface area contributed by atoms with Gasteiger partial charge in [0.25, 0.3) is 5.91 Å². The molecule has 12 heteroatoms. The van der Waals surface area contributed by atoms with Crippen LogP contribution < -0.4 is 30.7 Å². The molecule has 2 aliphatic heterocycles. The van der Waals surface area contributed by atoms with Gasteiger partial charge in [0, 0.05) is 18.1 Å². The summed E-state index contributed by atoms with van der Waals surface area (Å²) in [4.78, 5) is 17.0. The second kappa shape index (κ2) is 8.98. The summed E-state index contributed by atoms with van der Waals surface area (Å²) in [5, 5.41) is 12.4. The Labute approximate surface area is 209 Å². The number of benzene rings is 2. The average molecular weight is 520 g/mol. The number of rotatable bonds is 6. The molecular formula is C24H21ClF3N5O3. The van der Waals surface area contributed by atoms with Gasteiger partial charge < -0.3 is 30.7 Å². The molecule has 0 aliphatic carbocycles. The molecule has 2 aromatic carbocycles. The average Bonchev–Trinajstić information content (AvgIpc) is 3.35. The monoisotopic (exact) mass is 519 g/mol. The van der Waals surface area contributed by atoms with Crippen LogP contribution in [0.1, 0.15) is 29.8 Å². The van der Waals surface area contributed by atoms with Crippen molar-refractivity contribution in [3.05, 3.63) is 64.6 Å². The number of anilines is 4. The summed E-state index contributed by atoms with van der Waals surface area (Å²) in [6.07, 6.45) is 1.13. The number of pyridine rings is 1. The molecule has 0 saturated carbocycles. The number of nitrogens with one attached hydrogen (secondary N) is 4. The molecule has 0 bridgehead atoms. The van der Waals surface area contributed by atoms with E-state index < -0.39 is 30.2 Å². The van der Waals surface area contributed by atoms with E-state index in [4.69, 9.17) is 16.3 Å². The molecule has 4 N–H and O–H groups in total. The van der Waals surface area contributed by atoms with E-state index in [0.29, 0.717) is 17.9 Å². The number of hydrogen-bond donors (Lipinski definition) is 4. The van der Waals surface area contributed by atoms with Crippen molar-refractivity contribution in [2.24, 2.45) is 0 Å². The molecule has 5 rings (SSSR count). The standard InChI is InChI=1S/C24H21ClF3N5O3/c1-24(2)9-13-18-16(31-23(32-18)33-19-14(25)4-3-5-15(19)26)8-12(20(13)36-24)21(34)30-11-6-7-17(29-10-11)35-22(27)28/h3-8,10,22-23,31-33H,9H2,1-2H3,(H,30,34). The van der Waals surface area contributed by atoms with Crippen LogP contribution in [-0.2, 0) is 6.42 Å². The first-order chi connectivity index (χ1) is 17.1. The Morgan fingerprint density at radius 1 is 1.28 bits per heavy atom. The summed E-state index contributed by atoms with van der Waals surface area (Å²) in [6.45, 7) is 0.815. The summed E-state index contributed by atoms with van der Waals surface area (Å²) >= 11 is 6.15. The largest absolute Gasteiger partial charge is 0.486 e. The first-order valence-electron chi connectivity index (χ1n) is 10.9. The van der Waals surface area contributed by atoms with E-state index in [1.807, 2.05) is 13.8 Å². The molecule has 2 aliphatic rings. The number of nitrogens with zero attached hydrogens (tertiary/aromatic N) is 1. The topological polar surface area (TPSA) is 96.5 Å². The Kier molecular flexibility index (Phi) is 5.95. The van der Waals surface area contributed by atoms with E-state index in [1.165, 1.54) is 30.5 Å². The van der Waals surface area contributed by atoms with Crippen molar-refractivity contribution < 1.29 is 27.4 Å². The van der Waals surface area contributed by atoms with Crippen molar-refractivity contribution in [1.82, 2.24) is 4.98 Å². The SMILES string of the molecule is CC1(C)Cc2c3c(cc(C(=O)Nc4ccc(OC(F)F)nc4)c2O1)NC(Nc1c(F)cccc1Cl)N3. The molecular weight excluding hydrogens is 499 g/mol. The Hall–Kier alpha value is -3.86. The molecule has 1 atom stereocenters. The summed E-state index contributed by atoms with van der Waals surface area (Å²) < 4.78 is 49.3. The molecule has 8 nitrogen and oxygen atoms in total. The number of hydrogen-bond acceptors (Lipinski definition) is 7. The zero-order chi connectivity index (χ0) is 25.6. The number of aromatic nitrogens is 1. The zero-order valence-electron chi connectivity index (χ0n) is 19.1. The van der Waals surface area contributed by atoms with Crippen LogP contribution in [0.25, 0.3) is 0 Å². The number of para-hydroxylation sites is 1. The van der Waals surface area contributed by atoms with Crippen LogP contribution in [0.4, 0.5) is 35.9 Å². The normalized spacial score (nSPS) is 16.9. The maximum Gasteiger partial charge on any atom is 0.388 e. The summed E-state index contributed by atoms with van der Waals surface area (Å²) in [6, 6.07) is 8.65. The van der Waals surface area contributed by atoms with Crippen LogP contribution in [0.15, 0.2) is 42.6 Å². The number of fused-ring (bicyclic) bond motifs is 3. The zero-order valence-corrected chi connectivity index (χ0v) is 19.8. The Morgan fingerprint density at radius 3 is 2.78 bits per heavy atom. The lowest BCUT2D eigenvalue weighted by Crippen LogP contribution is -2.32. The molecule has 188 valence electrons. The van der Waals surface area contributed by atoms with E-state index in [2.05, 4.69) is 31.0 Å². The minimum atomic E-state index is -3.00. The van der Waals surface area contributed by atoms with E-state index in [9.17, 15) is 18.0 Å². The first kappa shape index (κ1) is 23.9. The first-order valence-corrected chi connectivity index (χ1v) is 11.3. The van der Waals surface area contributed by atoms with Gasteiger partial charge in [-0.1, -0.05) is 17.7 Å². The fourth-order valence-electron chi connectivity index (χ4n) is 4.19.